The molecule has 0 unspecified atom stereocenters. The van der Waals surface area contributed by atoms with Crippen LogP contribution in [0.2, 0.25) is 0 Å². The highest BCUT2D eigenvalue weighted by Gasteiger charge is 1.98. The summed E-state index contributed by atoms with van der Waals surface area (Å²) in [5.74, 6) is 0. The molecule has 1 heterocycles. The van der Waals surface area contributed by atoms with E-state index in [1.807, 2.05) is 12.1 Å². The lowest BCUT2D eigenvalue weighted by Crippen LogP contribution is -1.76. The molecule has 1 aromatic carbocycles. The van der Waals surface area contributed by atoms with Crippen molar-refractivity contribution in [2.45, 2.75) is 6.42 Å². The molecule has 2 nitrogen and oxygen atoms in total. The number of benzene rings is 1. The molecule has 72 valence electrons. The van der Waals surface area contributed by atoms with Crippen LogP contribution in [0.4, 0.5) is 0 Å². The molecule has 0 bridgehead atoms. The third kappa shape index (κ3) is 1.87. The topological polar surface area (TPSA) is 28.7 Å². The Labute approximate surface area is 91.2 Å². The minimum Gasteiger partial charge on any atom is -0.345 e. The monoisotopic (exact) mass is 250 g/mol. The van der Waals surface area contributed by atoms with Crippen LogP contribution in [0.15, 0.2) is 30.6 Å². The Kier molecular flexibility index (Phi) is 2.99. The Bertz CT molecular complexity index is 445. The van der Waals surface area contributed by atoms with Crippen molar-refractivity contribution in [3.63, 3.8) is 0 Å². The molecule has 0 saturated heterocycles. The SMILES string of the molecule is BrCCC=Cc1cccc2[nH]cnc12. The van der Waals surface area contributed by atoms with E-state index < -0.39 is 0 Å². The van der Waals surface area contributed by atoms with Crippen molar-refractivity contribution in [2.24, 2.45) is 0 Å². The molecular formula is C11H11BrN2. The first-order valence-electron chi connectivity index (χ1n) is 4.56. The summed E-state index contributed by atoms with van der Waals surface area (Å²) in [5, 5.41) is 1.00. The number of nitrogens with one attached hydrogen (secondary N) is 1. The highest BCUT2D eigenvalue weighted by molar-refractivity contribution is 9.09. The van der Waals surface area contributed by atoms with Crippen molar-refractivity contribution in [3.8, 4) is 0 Å². The fraction of sp³-hybridized carbons (Fsp3) is 0.182. The van der Waals surface area contributed by atoms with Crippen molar-refractivity contribution in [1.29, 1.82) is 0 Å². The molecule has 1 N–H and O–H groups in total. The second-order valence-electron chi connectivity index (χ2n) is 3.03. The van der Waals surface area contributed by atoms with Crippen LogP contribution in [0.1, 0.15) is 12.0 Å². The Morgan fingerprint density at radius 1 is 1.43 bits per heavy atom. The number of aromatic amines is 1. The summed E-state index contributed by atoms with van der Waals surface area (Å²) in [7, 11) is 0. The van der Waals surface area contributed by atoms with Gasteiger partial charge in [0.1, 0.15) is 0 Å². The number of halogens is 1. The summed E-state index contributed by atoms with van der Waals surface area (Å²) < 4.78 is 0. The van der Waals surface area contributed by atoms with Crippen LogP contribution in [0.5, 0.6) is 0 Å². The van der Waals surface area contributed by atoms with Gasteiger partial charge in [-0.05, 0) is 12.5 Å². The van der Waals surface area contributed by atoms with Crippen LogP contribution in [0.3, 0.4) is 0 Å². The van der Waals surface area contributed by atoms with E-state index in [0.29, 0.717) is 0 Å². The van der Waals surface area contributed by atoms with E-state index >= 15 is 0 Å². The number of allylic oxidation sites excluding steroid dienone is 1. The molecule has 0 fully saturated rings. The van der Waals surface area contributed by atoms with Crippen molar-refractivity contribution in [3.05, 3.63) is 36.2 Å². The number of hydrogen-bond acceptors (Lipinski definition) is 1. The second kappa shape index (κ2) is 4.42. The second-order valence-corrected chi connectivity index (χ2v) is 3.82. The van der Waals surface area contributed by atoms with E-state index in [-0.39, 0.29) is 0 Å². The summed E-state index contributed by atoms with van der Waals surface area (Å²) in [6.07, 6.45) is 7.04. The third-order valence-corrected chi connectivity index (χ3v) is 2.51. The fourth-order valence-electron chi connectivity index (χ4n) is 1.40. The lowest BCUT2D eigenvalue weighted by molar-refractivity contribution is 1.27. The molecule has 0 amide bonds. The predicted octanol–water partition coefficient (Wildman–Crippen LogP) is 3.36. The summed E-state index contributed by atoms with van der Waals surface area (Å²) in [4.78, 5) is 7.37. The summed E-state index contributed by atoms with van der Waals surface area (Å²) in [6, 6.07) is 6.15. The first kappa shape index (κ1) is 9.46. The zero-order chi connectivity index (χ0) is 9.80. The lowest BCUT2D eigenvalue weighted by Gasteiger charge is -1.94. The van der Waals surface area contributed by atoms with E-state index in [1.54, 1.807) is 6.33 Å². The van der Waals surface area contributed by atoms with E-state index in [1.165, 1.54) is 5.56 Å². The van der Waals surface area contributed by atoms with Gasteiger partial charge in [-0.25, -0.2) is 4.98 Å². The number of aromatic nitrogens is 2. The summed E-state index contributed by atoms with van der Waals surface area (Å²) in [5.41, 5.74) is 3.30. The van der Waals surface area contributed by atoms with Gasteiger partial charge in [0.05, 0.1) is 17.4 Å². The Hall–Kier alpha value is -1.09. The average Bonchev–Trinajstić information content (AvgIpc) is 2.67. The smallest absolute Gasteiger partial charge is 0.0954 e. The van der Waals surface area contributed by atoms with E-state index in [9.17, 15) is 0 Å². The maximum atomic E-state index is 4.28. The zero-order valence-electron chi connectivity index (χ0n) is 7.70. The molecule has 0 radical (unpaired) electrons. The van der Waals surface area contributed by atoms with Crippen molar-refractivity contribution < 1.29 is 0 Å². The fourth-order valence-corrected chi connectivity index (χ4v) is 1.66. The minimum atomic E-state index is 1.00. The maximum Gasteiger partial charge on any atom is 0.0954 e. The van der Waals surface area contributed by atoms with E-state index in [0.717, 1.165) is 22.8 Å². The molecule has 0 saturated carbocycles. The van der Waals surface area contributed by atoms with Gasteiger partial charge in [0.2, 0.25) is 0 Å². The molecule has 1 aromatic heterocycles. The zero-order valence-corrected chi connectivity index (χ0v) is 9.29. The standard InChI is InChI=1S/C11H11BrN2/c12-7-2-1-4-9-5-3-6-10-11(9)14-8-13-10/h1,3-6,8H,2,7H2,(H,13,14). The third-order valence-electron chi connectivity index (χ3n) is 2.05. The number of rotatable bonds is 3. The van der Waals surface area contributed by atoms with E-state index in [4.69, 9.17) is 0 Å². The number of fused-ring (bicyclic) bond motifs is 1. The molecule has 0 spiro atoms. The van der Waals surface area contributed by atoms with Crippen LogP contribution in [0.25, 0.3) is 17.1 Å². The molecule has 2 aromatic rings. The Balaban J connectivity index is 2.36. The first-order chi connectivity index (χ1) is 6.92. The molecule has 0 aliphatic rings. The molecular weight excluding hydrogens is 240 g/mol. The van der Waals surface area contributed by atoms with Gasteiger partial charge < -0.3 is 4.98 Å². The Morgan fingerprint density at radius 2 is 2.36 bits per heavy atom. The molecule has 14 heavy (non-hydrogen) atoms. The van der Waals surface area contributed by atoms with Gasteiger partial charge >= 0.3 is 0 Å². The van der Waals surface area contributed by atoms with Crippen LogP contribution < -0.4 is 0 Å². The largest absolute Gasteiger partial charge is 0.345 e. The first-order valence-corrected chi connectivity index (χ1v) is 5.68. The van der Waals surface area contributed by atoms with Crippen molar-refractivity contribution in [2.75, 3.05) is 5.33 Å². The van der Waals surface area contributed by atoms with Crippen molar-refractivity contribution >= 4 is 33.0 Å². The van der Waals surface area contributed by atoms with Crippen LogP contribution >= 0.6 is 15.9 Å². The van der Waals surface area contributed by atoms with Gasteiger partial charge in [-0.1, -0.05) is 40.2 Å². The van der Waals surface area contributed by atoms with Crippen molar-refractivity contribution in [1.82, 2.24) is 9.97 Å². The van der Waals surface area contributed by atoms with Gasteiger partial charge in [0, 0.05) is 10.9 Å². The molecule has 0 aliphatic heterocycles. The number of hydrogen-bond donors (Lipinski definition) is 1. The van der Waals surface area contributed by atoms with Gasteiger partial charge in [-0.15, -0.1) is 0 Å². The minimum absolute atomic E-state index is 1.00. The van der Waals surface area contributed by atoms with Gasteiger partial charge in [-0.2, -0.15) is 0 Å². The number of para-hydroxylation sites is 1. The highest BCUT2D eigenvalue weighted by atomic mass is 79.9. The summed E-state index contributed by atoms with van der Waals surface area (Å²) >= 11 is 3.39. The predicted molar refractivity (Wildman–Crippen MR) is 63.5 cm³/mol. The van der Waals surface area contributed by atoms with Crippen LogP contribution in [-0.4, -0.2) is 15.3 Å². The molecule has 2 rings (SSSR count). The molecule has 3 heteroatoms. The number of imidazole rings is 1. The van der Waals surface area contributed by atoms with Gasteiger partial charge in [0.25, 0.3) is 0 Å². The number of H-pyrrole nitrogens is 1. The normalized spacial score (nSPS) is 11.5. The lowest BCUT2D eigenvalue weighted by atomic mass is 10.1. The van der Waals surface area contributed by atoms with Crippen LogP contribution in [-0.2, 0) is 0 Å². The Morgan fingerprint density at radius 3 is 3.21 bits per heavy atom. The van der Waals surface area contributed by atoms with Gasteiger partial charge in [0.15, 0.2) is 0 Å². The molecule has 0 aliphatic carbocycles. The van der Waals surface area contributed by atoms with Crippen LogP contribution in [0, 0.1) is 0 Å². The van der Waals surface area contributed by atoms with E-state index in [2.05, 4.69) is 44.1 Å². The number of alkyl halides is 1. The highest BCUT2D eigenvalue weighted by Crippen LogP contribution is 2.15. The quantitative estimate of drug-likeness (QED) is 0.832. The summed E-state index contributed by atoms with van der Waals surface area (Å²) in [6.45, 7) is 0. The average molecular weight is 251 g/mol. The number of nitrogens with zero attached hydrogens (tertiary/aromatic N) is 1. The maximum absolute atomic E-state index is 4.28. The van der Waals surface area contributed by atoms with Gasteiger partial charge in [-0.3, -0.25) is 0 Å². The molecule has 0 atom stereocenters.